The van der Waals surface area contributed by atoms with Crippen LogP contribution in [0.4, 0.5) is 0 Å². The Labute approximate surface area is 83.3 Å². The number of hydrogen-bond acceptors (Lipinski definition) is 2. The zero-order chi connectivity index (χ0) is 10.9. The Morgan fingerprint density at radius 3 is 2.00 bits per heavy atom. The minimum atomic E-state index is 0.307. The first-order chi connectivity index (χ1) is 6.20. The van der Waals surface area contributed by atoms with Crippen molar-refractivity contribution < 1.29 is 4.79 Å². The molecule has 0 aliphatic carbocycles. The molecule has 0 radical (unpaired) electrons. The molecule has 1 heterocycles. The van der Waals surface area contributed by atoms with E-state index in [4.69, 9.17) is 0 Å². The summed E-state index contributed by atoms with van der Waals surface area (Å²) in [5.41, 5.74) is 0. The highest BCUT2D eigenvalue weighted by molar-refractivity contribution is 5.83. The Balaban J connectivity index is 0. The average molecular weight is 187 g/mol. The Morgan fingerprint density at radius 1 is 1.23 bits per heavy atom. The van der Waals surface area contributed by atoms with E-state index in [2.05, 4.69) is 4.90 Å². The maximum atomic E-state index is 11.0. The van der Waals surface area contributed by atoms with E-state index in [1.54, 1.807) is 0 Å². The summed E-state index contributed by atoms with van der Waals surface area (Å²) in [6, 6.07) is 0. The summed E-state index contributed by atoms with van der Waals surface area (Å²) in [6.07, 6.45) is 1.04. The van der Waals surface area contributed by atoms with Crippen molar-refractivity contribution >= 4 is 5.78 Å². The number of carbonyl (C=O) groups excluding carboxylic acids is 1. The molecule has 0 amide bonds. The molecule has 0 spiro atoms. The summed E-state index contributed by atoms with van der Waals surface area (Å²) in [4.78, 5) is 13.0. The lowest BCUT2D eigenvalue weighted by molar-refractivity contribution is -0.125. The molecule has 13 heavy (non-hydrogen) atoms. The van der Waals surface area contributed by atoms with Gasteiger partial charge in [-0.2, -0.15) is 0 Å². The number of carbonyl (C=O) groups is 1. The van der Waals surface area contributed by atoms with Gasteiger partial charge in [0.1, 0.15) is 5.78 Å². The maximum absolute atomic E-state index is 11.0. The van der Waals surface area contributed by atoms with E-state index in [1.165, 1.54) is 0 Å². The molecule has 2 heteroatoms. The number of nitrogens with zero attached hydrogens (tertiary/aromatic N) is 1. The van der Waals surface area contributed by atoms with Crippen molar-refractivity contribution in [2.24, 2.45) is 5.92 Å². The number of rotatable bonds is 0. The molecule has 0 bridgehead atoms. The van der Waals surface area contributed by atoms with Crippen LogP contribution in [0, 0.1) is 5.92 Å². The summed E-state index contributed by atoms with van der Waals surface area (Å²) in [7, 11) is 1.99. The summed E-state index contributed by atoms with van der Waals surface area (Å²) >= 11 is 0. The van der Waals surface area contributed by atoms with E-state index in [9.17, 15) is 4.79 Å². The largest absolute Gasteiger partial charge is 0.299 e. The van der Waals surface area contributed by atoms with Crippen LogP contribution in [0.15, 0.2) is 0 Å². The van der Waals surface area contributed by atoms with Gasteiger partial charge in [-0.15, -0.1) is 0 Å². The molecule has 1 unspecified atom stereocenters. The number of Topliss-reactive ketones (excluding diaryl/α,β-unsaturated/α-hetero) is 1. The quantitative estimate of drug-likeness (QED) is 0.581. The number of ketones is 1. The molecule has 1 rings (SSSR count). The van der Waals surface area contributed by atoms with Gasteiger partial charge in [0.05, 0.1) is 6.54 Å². The fraction of sp³-hybridized carbons (Fsp3) is 0.909. The number of hydrogen-bond donors (Lipinski definition) is 0. The van der Waals surface area contributed by atoms with Crippen molar-refractivity contribution in [2.75, 3.05) is 20.1 Å². The molecule has 1 aliphatic rings. The zero-order valence-electron chi connectivity index (χ0n) is 10.1. The number of likely N-dealkylation sites (N-methyl/N-ethyl adjacent to an activating group) is 1. The lowest BCUT2D eigenvalue weighted by atomic mass is 9.98. The molecule has 1 fully saturated rings. The van der Waals surface area contributed by atoms with Gasteiger partial charge in [0, 0.05) is 5.92 Å². The fourth-order valence-corrected chi connectivity index (χ4v) is 1.08. The fourth-order valence-electron chi connectivity index (χ4n) is 1.08. The highest BCUT2D eigenvalue weighted by Crippen LogP contribution is 2.10. The highest BCUT2D eigenvalue weighted by Gasteiger charge is 2.20. The van der Waals surface area contributed by atoms with Crippen LogP contribution in [0.1, 0.15) is 41.0 Å². The Morgan fingerprint density at radius 2 is 1.69 bits per heavy atom. The van der Waals surface area contributed by atoms with Crippen molar-refractivity contribution in [2.45, 2.75) is 41.0 Å². The molecule has 1 saturated heterocycles. The van der Waals surface area contributed by atoms with E-state index < -0.39 is 0 Å². The molecule has 2 nitrogen and oxygen atoms in total. The standard InChI is InChI=1S/C7H13NO.2C2H6/c1-6-3-4-8(2)5-7(6)9;2*1-2/h6H,3-5H2,1-2H3;2*1-2H3. The molecule has 80 valence electrons. The smallest absolute Gasteiger partial charge is 0.149 e. The number of piperidine rings is 1. The van der Waals surface area contributed by atoms with Gasteiger partial charge in [-0.05, 0) is 20.0 Å². The van der Waals surface area contributed by atoms with Gasteiger partial charge >= 0.3 is 0 Å². The molecular formula is C11H25NO. The molecule has 0 N–H and O–H groups in total. The number of likely N-dealkylation sites (tertiary alicyclic amines) is 1. The first-order valence-corrected chi connectivity index (χ1v) is 5.41. The van der Waals surface area contributed by atoms with Crippen molar-refractivity contribution in [1.29, 1.82) is 0 Å². The normalized spacial score (nSPS) is 22.3. The Bertz CT molecular complexity index is 123. The third kappa shape index (κ3) is 6.76. The van der Waals surface area contributed by atoms with E-state index in [1.807, 2.05) is 41.7 Å². The van der Waals surface area contributed by atoms with Crippen LogP contribution in [0.3, 0.4) is 0 Å². The maximum Gasteiger partial charge on any atom is 0.149 e. The molecule has 0 aromatic carbocycles. The molecule has 1 atom stereocenters. The van der Waals surface area contributed by atoms with Gasteiger partial charge in [-0.3, -0.25) is 9.69 Å². The third-order valence-corrected chi connectivity index (χ3v) is 1.92. The molecule has 0 saturated carbocycles. The second-order valence-corrected chi connectivity index (χ2v) is 2.89. The second-order valence-electron chi connectivity index (χ2n) is 2.89. The van der Waals surface area contributed by atoms with Gasteiger partial charge in [0.15, 0.2) is 0 Å². The minimum Gasteiger partial charge on any atom is -0.299 e. The van der Waals surface area contributed by atoms with Gasteiger partial charge < -0.3 is 0 Å². The summed E-state index contributed by atoms with van der Waals surface area (Å²) < 4.78 is 0. The second kappa shape index (κ2) is 9.72. The van der Waals surface area contributed by atoms with Crippen LogP contribution in [-0.2, 0) is 4.79 Å². The van der Waals surface area contributed by atoms with E-state index in [0.29, 0.717) is 18.2 Å². The molecular weight excluding hydrogens is 162 g/mol. The van der Waals surface area contributed by atoms with E-state index in [-0.39, 0.29) is 0 Å². The molecule has 0 aromatic rings. The first kappa shape index (κ1) is 15.1. The minimum absolute atomic E-state index is 0.307. The van der Waals surface area contributed by atoms with Gasteiger partial charge in [-0.1, -0.05) is 34.6 Å². The van der Waals surface area contributed by atoms with E-state index >= 15 is 0 Å². The van der Waals surface area contributed by atoms with Crippen LogP contribution in [0.2, 0.25) is 0 Å². The van der Waals surface area contributed by atoms with Crippen LogP contribution in [0.25, 0.3) is 0 Å². The lowest BCUT2D eigenvalue weighted by Gasteiger charge is -2.24. The van der Waals surface area contributed by atoms with Crippen LogP contribution in [-0.4, -0.2) is 30.8 Å². The Hall–Kier alpha value is -0.370. The predicted molar refractivity (Wildman–Crippen MR) is 59.0 cm³/mol. The van der Waals surface area contributed by atoms with Crippen LogP contribution < -0.4 is 0 Å². The monoisotopic (exact) mass is 187 g/mol. The van der Waals surface area contributed by atoms with E-state index in [0.717, 1.165) is 13.0 Å². The third-order valence-electron chi connectivity index (χ3n) is 1.92. The highest BCUT2D eigenvalue weighted by atomic mass is 16.1. The molecule has 1 aliphatic heterocycles. The predicted octanol–water partition coefficient (Wildman–Crippen LogP) is 2.58. The molecule has 0 aromatic heterocycles. The summed E-state index contributed by atoms with van der Waals surface area (Å²) in [5.74, 6) is 0.699. The van der Waals surface area contributed by atoms with Crippen LogP contribution in [0.5, 0.6) is 0 Å². The summed E-state index contributed by atoms with van der Waals surface area (Å²) in [5, 5.41) is 0. The zero-order valence-corrected chi connectivity index (χ0v) is 10.1. The Kier molecular flexibility index (Phi) is 11.3. The topological polar surface area (TPSA) is 20.3 Å². The van der Waals surface area contributed by atoms with Gasteiger partial charge in [-0.25, -0.2) is 0 Å². The first-order valence-electron chi connectivity index (χ1n) is 5.41. The average Bonchev–Trinajstić information content (AvgIpc) is 2.18. The van der Waals surface area contributed by atoms with Gasteiger partial charge in [0.25, 0.3) is 0 Å². The van der Waals surface area contributed by atoms with Crippen LogP contribution >= 0.6 is 0 Å². The van der Waals surface area contributed by atoms with Gasteiger partial charge in [0.2, 0.25) is 0 Å². The SMILES string of the molecule is CC.CC.CC1CCN(C)CC1=O. The van der Waals surface area contributed by atoms with Crippen molar-refractivity contribution in [3.05, 3.63) is 0 Å². The van der Waals surface area contributed by atoms with Crippen molar-refractivity contribution in [1.82, 2.24) is 4.90 Å². The lowest BCUT2D eigenvalue weighted by Crippen LogP contribution is -2.37. The summed E-state index contributed by atoms with van der Waals surface area (Å²) in [6.45, 7) is 11.7. The van der Waals surface area contributed by atoms with Crippen molar-refractivity contribution in [3.8, 4) is 0 Å². The van der Waals surface area contributed by atoms with Crippen molar-refractivity contribution in [3.63, 3.8) is 0 Å².